The van der Waals surface area contributed by atoms with E-state index in [4.69, 9.17) is 4.74 Å². The molecule has 2 aromatic rings. The normalized spacial score (nSPS) is 24.5. The first-order valence-corrected chi connectivity index (χ1v) is 9.88. The second-order valence-electron chi connectivity index (χ2n) is 6.37. The van der Waals surface area contributed by atoms with E-state index in [0.717, 1.165) is 5.56 Å². The van der Waals surface area contributed by atoms with Crippen LogP contribution in [-0.2, 0) is 19.4 Å². The zero-order valence-electron chi connectivity index (χ0n) is 14.5. The van der Waals surface area contributed by atoms with Gasteiger partial charge in [-0.25, -0.2) is 8.42 Å². The van der Waals surface area contributed by atoms with E-state index in [0.29, 0.717) is 5.56 Å². The minimum absolute atomic E-state index is 0.0843. The Labute approximate surface area is 153 Å². The first kappa shape index (κ1) is 18.2. The Morgan fingerprint density at radius 3 is 2.31 bits per heavy atom. The summed E-state index contributed by atoms with van der Waals surface area (Å²) in [5.74, 6) is -1.53. The number of aryl methyl sites for hydroxylation is 1. The predicted molar refractivity (Wildman–Crippen MR) is 96.0 cm³/mol. The largest absolute Gasteiger partial charge is 0.465 e. The molecule has 0 heterocycles. The fraction of sp³-hybridized carbons (Fsp3) is 0.300. The number of nitrogens with zero attached hydrogens (tertiary/aromatic N) is 1. The van der Waals surface area contributed by atoms with Crippen molar-refractivity contribution in [2.45, 2.75) is 29.9 Å². The summed E-state index contributed by atoms with van der Waals surface area (Å²) in [6.45, 7) is 3.63. The highest BCUT2D eigenvalue weighted by molar-refractivity contribution is 7.92. The molecule has 1 saturated carbocycles. The lowest BCUT2D eigenvalue weighted by molar-refractivity contribution is -0.147. The van der Waals surface area contributed by atoms with Crippen LogP contribution in [0.3, 0.4) is 0 Å². The van der Waals surface area contributed by atoms with E-state index in [1.54, 1.807) is 37.3 Å². The van der Waals surface area contributed by atoms with Crippen molar-refractivity contribution in [1.82, 2.24) is 0 Å². The van der Waals surface area contributed by atoms with E-state index in [2.05, 4.69) is 0 Å². The lowest BCUT2D eigenvalue weighted by Crippen LogP contribution is -2.25. The summed E-state index contributed by atoms with van der Waals surface area (Å²) in [5.41, 5.74) is -0.0646. The Morgan fingerprint density at radius 1 is 1.15 bits per heavy atom. The van der Waals surface area contributed by atoms with Gasteiger partial charge in [-0.05, 0) is 31.5 Å². The molecule has 0 saturated heterocycles. The summed E-state index contributed by atoms with van der Waals surface area (Å²) < 4.78 is 31.4. The van der Waals surface area contributed by atoms with Gasteiger partial charge in [0.2, 0.25) is 0 Å². The first-order valence-electron chi connectivity index (χ1n) is 8.33. The van der Waals surface area contributed by atoms with Crippen LogP contribution in [0.5, 0.6) is 0 Å². The number of nitriles is 1. The van der Waals surface area contributed by atoms with Gasteiger partial charge in [0.25, 0.3) is 0 Å². The fourth-order valence-corrected chi connectivity index (χ4v) is 5.69. The third-order valence-corrected chi connectivity index (χ3v) is 7.02. The summed E-state index contributed by atoms with van der Waals surface area (Å²) in [6.07, 6.45) is 0. The van der Waals surface area contributed by atoms with E-state index < -0.39 is 32.4 Å². The van der Waals surface area contributed by atoms with Gasteiger partial charge in [-0.2, -0.15) is 5.26 Å². The van der Waals surface area contributed by atoms with E-state index in [9.17, 15) is 18.5 Å². The van der Waals surface area contributed by atoms with Crippen molar-refractivity contribution in [3.05, 3.63) is 65.7 Å². The van der Waals surface area contributed by atoms with Gasteiger partial charge in [0.15, 0.2) is 15.3 Å². The minimum Gasteiger partial charge on any atom is -0.465 e. The molecule has 1 aliphatic carbocycles. The highest BCUT2D eigenvalue weighted by atomic mass is 32.2. The van der Waals surface area contributed by atoms with Gasteiger partial charge in [0, 0.05) is 5.92 Å². The maximum absolute atomic E-state index is 13.2. The van der Waals surface area contributed by atoms with Crippen LogP contribution in [-0.4, -0.2) is 26.2 Å². The van der Waals surface area contributed by atoms with Crippen molar-refractivity contribution in [1.29, 1.82) is 5.26 Å². The number of esters is 1. The van der Waals surface area contributed by atoms with Crippen LogP contribution in [0.1, 0.15) is 24.0 Å². The van der Waals surface area contributed by atoms with E-state index in [-0.39, 0.29) is 11.5 Å². The molecule has 134 valence electrons. The third kappa shape index (κ3) is 2.69. The van der Waals surface area contributed by atoms with Gasteiger partial charge in [-0.15, -0.1) is 0 Å². The van der Waals surface area contributed by atoms with E-state index >= 15 is 0 Å². The molecule has 0 unspecified atom stereocenters. The molecule has 26 heavy (non-hydrogen) atoms. The average Bonchev–Trinajstić information content (AvgIpc) is 3.35. The standard InChI is InChI=1S/C20H19NO4S/c1-3-25-19(22)20(13-21)17(15-11-9-14(2)10-12-15)18(20)26(23,24)16-7-5-4-6-8-16/h4-12,17-18H,3H2,1-2H3/t17-,18+,20+/m1/s1. The highest BCUT2D eigenvalue weighted by Crippen LogP contribution is 2.64. The Morgan fingerprint density at radius 2 is 1.77 bits per heavy atom. The van der Waals surface area contributed by atoms with E-state index in [1.165, 1.54) is 12.1 Å². The molecule has 0 bridgehead atoms. The molecule has 0 amide bonds. The monoisotopic (exact) mass is 369 g/mol. The van der Waals surface area contributed by atoms with Crippen molar-refractivity contribution in [2.75, 3.05) is 6.61 Å². The Kier molecular flexibility index (Phi) is 4.59. The lowest BCUT2D eigenvalue weighted by Gasteiger charge is -2.09. The molecule has 0 aliphatic heterocycles. The molecular formula is C20H19NO4S. The number of hydrogen-bond donors (Lipinski definition) is 0. The topological polar surface area (TPSA) is 84.2 Å². The van der Waals surface area contributed by atoms with Crippen LogP contribution in [0, 0.1) is 23.7 Å². The minimum atomic E-state index is -3.88. The molecule has 6 heteroatoms. The molecule has 0 N–H and O–H groups in total. The zero-order valence-corrected chi connectivity index (χ0v) is 15.4. The highest BCUT2D eigenvalue weighted by Gasteiger charge is 2.77. The Hall–Kier alpha value is -2.65. The molecule has 1 aliphatic rings. The number of hydrogen-bond acceptors (Lipinski definition) is 5. The van der Waals surface area contributed by atoms with Gasteiger partial charge in [-0.3, -0.25) is 4.79 Å². The summed E-state index contributed by atoms with van der Waals surface area (Å²) in [6, 6.07) is 17.1. The van der Waals surface area contributed by atoms with Gasteiger partial charge in [0.1, 0.15) is 5.25 Å². The van der Waals surface area contributed by atoms with Crippen molar-refractivity contribution >= 4 is 15.8 Å². The number of rotatable bonds is 5. The fourth-order valence-electron chi connectivity index (χ4n) is 3.42. The smallest absolute Gasteiger partial charge is 0.328 e. The van der Waals surface area contributed by atoms with Crippen molar-refractivity contribution in [3.8, 4) is 6.07 Å². The third-order valence-electron chi connectivity index (χ3n) is 4.77. The van der Waals surface area contributed by atoms with Crippen LogP contribution in [0.4, 0.5) is 0 Å². The molecule has 0 radical (unpaired) electrons. The predicted octanol–water partition coefficient (Wildman–Crippen LogP) is 3.01. The van der Waals surface area contributed by atoms with Crippen molar-refractivity contribution < 1.29 is 17.9 Å². The van der Waals surface area contributed by atoms with Crippen LogP contribution in [0.15, 0.2) is 59.5 Å². The molecule has 1 fully saturated rings. The molecule has 3 rings (SSSR count). The second kappa shape index (κ2) is 6.58. The molecule has 5 nitrogen and oxygen atoms in total. The number of sulfone groups is 1. The maximum Gasteiger partial charge on any atom is 0.328 e. The van der Waals surface area contributed by atoms with Gasteiger partial charge < -0.3 is 4.74 Å². The van der Waals surface area contributed by atoms with Crippen molar-refractivity contribution in [2.24, 2.45) is 5.41 Å². The summed E-state index contributed by atoms with van der Waals surface area (Å²) in [7, 11) is -3.88. The molecule has 3 atom stereocenters. The SMILES string of the molecule is CCOC(=O)[C@@]1(C#N)[C@H](c2ccc(C)cc2)[C@@H]1S(=O)(=O)c1ccccc1. The second-order valence-corrected chi connectivity index (χ2v) is 8.44. The van der Waals surface area contributed by atoms with Crippen LogP contribution < -0.4 is 0 Å². The molecule has 0 spiro atoms. The number of ether oxygens (including phenoxy) is 1. The lowest BCUT2D eigenvalue weighted by atomic mass is 10.00. The first-order chi connectivity index (χ1) is 12.4. The van der Waals surface area contributed by atoms with Gasteiger partial charge >= 0.3 is 5.97 Å². The summed E-state index contributed by atoms with van der Waals surface area (Å²) in [5, 5.41) is 8.64. The van der Waals surface area contributed by atoms with Crippen molar-refractivity contribution in [3.63, 3.8) is 0 Å². The number of benzene rings is 2. The summed E-state index contributed by atoms with van der Waals surface area (Å²) in [4.78, 5) is 12.7. The molecule has 0 aromatic heterocycles. The number of carbonyl (C=O) groups excluding carboxylic acids is 1. The van der Waals surface area contributed by atoms with E-state index in [1.807, 2.05) is 25.1 Å². The quantitative estimate of drug-likeness (QED) is 0.757. The van der Waals surface area contributed by atoms with Crippen LogP contribution in [0.25, 0.3) is 0 Å². The summed E-state index contributed by atoms with van der Waals surface area (Å²) >= 11 is 0. The van der Waals surface area contributed by atoms with Crippen LogP contribution >= 0.6 is 0 Å². The molecular weight excluding hydrogens is 350 g/mol. The average molecular weight is 369 g/mol. The number of carbonyl (C=O) groups is 1. The zero-order chi connectivity index (χ0) is 18.9. The van der Waals surface area contributed by atoms with Crippen LogP contribution in [0.2, 0.25) is 0 Å². The van der Waals surface area contributed by atoms with Gasteiger partial charge in [0.05, 0.1) is 17.6 Å². The maximum atomic E-state index is 13.2. The molecule has 2 aromatic carbocycles. The Balaban J connectivity index is 2.13. The van der Waals surface area contributed by atoms with Gasteiger partial charge in [-0.1, -0.05) is 48.0 Å². The Bertz CT molecular complexity index is 961.